The van der Waals surface area contributed by atoms with Crippen molar-refractivity contribution < 1.29 is 43.2 Å². The minimum atomic E-state index is 0.150. The summed E-state index contributed by atoms with van der Waals surface area (Å²) in [5.41, 5.74) is 0. The Balaban J connectivity index is -0.000000274. The van der Waals surface area contributed by atoms with E-state index < -0.39 is 0 Å². The third-order valence-electron chi connectivity index (χ3n) is 28.1. The maximum absolute atomic E-state index is 12.0. The Morgan fingerprint density at radius 2 is 0.587 bits per heavy atom. The van der Waals surface area contributed by atoms with E-state index in [1.165, 1.54) is 140 Å². The first-order valence-electron chi connectivity index (χ1n) is 58.2. The number of carbonyl (C=O) groups is 9. The van der Waals surface area contributed by atoms with E-state index in [2.05, 4.69) is 141 Å². The van der Waals surface area contributed by atoms with Gasteiger partial charge < -0.3 is 46.6 Å². The zero-order valence-electron chi connectivity index (χ0n) is 98.8. The fourth-order valence-corrected chi connectivity index (χ4v) is 18.4. The van der Waals surface area contributed by atoms with Gasteiger partial charge in [-0.3, -0.25) is 43.2 Å². The maximum atomic E-state index is 12.0. The number of hydrogen-bond donors (Lipinski definition) is 6. The number of nitrogens with zero attached hydrogens (tertiary/aromatic N) is 4. The van der Waals surface area contributed by atoms with Crippen LogP contribution in [0.3, 0.4) is 0 Å². The second-order valence-electron chi connectivity index (χ2n) is 40.9. The SMILES string of the molecule is CC.CC.CC.CC.CC.CC.CC.CC.CC.CC(C)CCNC(=O)C1CCC(C)CC1.CC(C)CNC(=O)C1CCC(C)CC1.CC1CCC(C(=O)N(C)C(C)C)CC1.CC1CCC(C(=O)N(C)C)CC1.CC1CCC(C(=O)NCC2CC2)CC1.CC1CCC(C(=O)Nc2nccs2)CC1.CCN(C)C(=O)C1CCC(C)CC1.CCNC(=O)C1CCC(C)CC1.CNC(=O)C1CCC(C)CC1. The Labute approximate surface area is 861 Å². The van der Waals surface area contributed by atoms with E-state index in [9.17, 15) is 43.2 Å². The Kier molecular flexibility index (Phi) is 101. The number of nitrogens with one attached hydrogen (secondary N) is 6. The molecule has 0 atom stereocenters. The van der Waals surface area contributed by atoms with Gasteiger partial charge in [0.15, 0.2) is 5.13 Å². The number of aromatic nitrogens is 1. The van der Waals surface area contributed by atoms with E-state index in [1.807, 2.05) is 182 Å². The predicted octanol–water partition coefficient (Wildman–Crippen LogP) is 30.4. The quantitative estimate of drug-likeness (QED) is 0.0720. The van der Waals surface area contributed by atoms with Gasteiger partial charge in [0, 0.05) is 139 Å². The molecular weight excluding hydrogens is 1730 g/mol. The summed E-state index contributed by atoms with van der Waals surface area (Å²) >= 11 is 1.47. The molecule has 1 aromatic rings. The van der Waals surface area contributed by atoms with Gasteiger partial charge in [-0.15, -0.1) is 11.3 Å². The van der Waals surface area contributed by atoms with Crippen LogP contribution in [-0.2, 0) is 43.2 Å². The molecule has 0 radical (unpaired) electrons. The first-order valence-corrected chi connectivity index (χ1v) is 59.1. The molecule has 0 spiro atoms. The highest BCUT2D eigenvalue weighted by molar-refractivity contribution is 7.13. The van der Waals surface area contributed by atoms with Crippen molar-refractivity contribution in [2.75, 3.05) is 73.3 Å². The number of thiazole rings is 1. The van der Waals surface area contributed by atoms with E-state index in [-0.39, 0.29) is 29.5 Å². The summed E-state index contributed by atoms with van der Waals surface area (Å²) in [7, 11) is 9.24. The van der Waals surface area contributed by atoms with E-state index in [0.29, 0.717) is 94.8 Å². The number of rotatable bonds is 20. The van der Waals surface area contributed by atoms with Gasteiger partial charge in [0.05, 0.1) is 0 Å². The molecule has 0 aliphatic heterocycles. The molecule has 0 bridgehead atoms. The molecule has 19 nitrogen and oxygen atoms in total. The van der Waals surface area contributed by atoms with Crippen molar-refractivity contribution >= 4 is 69.6 Å². The lowest BCUT2D eigenvalue weighted by Gasteiger charge is -2.30. The molecule has 10 aliphatic carbocycles. The first kappa shape index (κ1) is 146. The lowest BCUT2D eigenvalue weighted by atomic mass is 9.82. The smallest absolute Gasteiger partial charge is 0.229 e. The molecule has 0 aromatic carbocycles. The van der Waals surface area contributed by atoms with Crippen molar-refractivity contribution in [3.05, 3.63) is 11.6 Å². The van der Waals surface area contributed by atoms with Crippen LogP contribution in [0.2, 0.25) is 0 Å². The Bertz CT molecular complexity index is 2890. The van der Waals surface area contributed by atoms with Crippen molar-refractivity contribution in [3.63, 3.8) is 0 Å². The molecule has 0 unspecified atom stereocenters. The highest BCUT2D eigenvalue weighted by Gasteiger charge is 2.33. The minimum absolute atomic E-state index is 0.150. The number of anilines is 1. The molecule has 6 N–H and O–H groups in total. The van der Waals surface area contributed by atoms with Crippen LogP contribution in [0.25, 0.3) is 0 Å². The van der Waals surface area contributed by atoms with Gasteiger partial charge in [-0.1, -0.05) is 215 Å². The van der Waals surface area contributed by atoms with Crippen molar-refractivity contribution in [2.45, 2.75) is 499 Å². The second-order valence-corrected chi connectivity index (χ2v) is 41.8. The van der Waals surface area contributed by atoms with Gasteiger partial charge >= 0.3 is 0 Å². The summed E-state index contributed by atoms with van der Waals surface area (Å²) in [5, 5.41) is 20.2. The van der Waals surface area contributed by atoms with E-state index in [1.54, 1.807) is 18.1 Å². The first-order chi connectivity index (χ1) is 65.9. The van der Waals surface area contributed by atoms with Gasteiger partial charge in [0.25, 0.3) is 0 Å². The Morgan fingerprint density at radius 3 is 0.833 bits per heavy atom. The Hall–Kier alpha value is -5.14. The van der Waals surface area contributed by atoms with E-state index >= 15 is 0 Å². The molecule has 0 saturated heterocycles. The van der Waals surface area contributed by atoms with Gasteiger partial charge in [-0.05, 0) is 349 Å². The normalized spacial score (nSPS) is 25.5. The van der Waals surface area contributed by atoms with Crippen LogP contribution in [-0.4, -0.2) is 147 Å². The third-order valence-corrected chi connectivity index (χ3v) is 28.7. The minimum Gasteiger partial charge on any atom is -0.359 e. The van der Waals surface area contributed by atoms with Crippen LogP contribution >= 0.6 is 11.3 Å². The highest BCUT2D eigenvalue weighted by atomic mass is 32.1. The molecule has 1 aromatic heterocycles. The van der Waals surface area contributed by atoms with Crippen molar-refractivity contribution in [3.8, 4) is 0 Å². The Morgan fingerprint density at radius 1 is 0.326 bits per heavy atom. The predicted molar refractivity (Wildman–Crippen MR) is 602 cm³/mol. The van der Waals surface area contributed by atoms with Gasteiger partial charge in [0.2, 0.25) is 53.2 Å². The molecule has 11 rings (SSSR count). The van der Waals surface area contributed by atoms with Crippen molar-refractivity contribution in [2.24, 2.45) is 124 Å². The van der Waals surface area contributed by atoms with Crippen LogP contribution in [0, 0.1) is 124 Å². The number of amides is 9. The molecule has 10 aliphatic rings. The summed E-state index contributed by atoms with van der Waals surface area (Å²) in [4.78, 5) is 114. The van der Waals surface area contributed by atoms with E-state index in [4.69, 9.17) is 0 Å². The lowest BCUT2D eigenvalue weighted by molar-refractivity contribution is -0.137. The fourth-order valence-electron chi connectivity index (χ4n) is 17.8. The van der Waals surface area contributed by atoms with Crippen LogP contribution in [0.1, 0.15) is 493 Å². The third kappa shape index (κ3) is 73.0. The maximum Gasteiger partial charge on any atom is 0.229 e. The average molecular weight is 1970 g/mol. The van der Waals surface area contributed by atoms with Crippen LogP contribution in [0.15, 0.2) is 11.6 Å². The molecule has 820 valence electrons. The summed E-state index contributed by atoms with van der Waals surface area (Å²) < 4.78 is 0. The summed E-state index contributed by atoms with van der Waals surface area (Å²) in [6.45, 7) is 77.5. The number of hydrogen-bond acceptors (Lipinski definition) is 11. The van der Waals surface area contributed by atoms with Gasteiger partial charge in [-0.2, -0.15) is 0 Å². The molecule has 138 heavy (non-hydrogen) atoms. The fraction of sp³-hybridized carbons (Fsp3) is 0.898. The van der Waals surface area contributed by atoms with Crippen LogP contribution in [0.4, 0.5) is 5.13 Å². The van der Waals surface area contributed by atoms with Gasteiger partial charge in [-0.25, -0.2) is 4.98 Å². The molecular formula is C118H238N10O9S. The zero-order valence-corrected chi connectivity index (χ0v) is 99.7. The summed E-state index contributed by atoms with van der Waals surface area (Å²) in [5.74, 6) is 14.7. The summed E-state index contributed by atoms with van der Waals surface area (Å²) in [6, 6.07) is 0.335. The van der Waals surface area contributed by atoms with Crippen molar-refractivity contribution in [1.82, 2.24) is 46.3 Å². The molecule has 20 heteroatoms. The topological polar surface area (TPSA) is 248 Å². The van der Waals surface area contributed by atoms with Crippen LogP contribution in [0.5, 0.6) is 0 Å². The molecule has 9 amide bonds. The molecule has 1 heterocycles. The monoisotopic (exact) mass is 1970 g/mol. The lowest BCUT2D eigenvalue weighted by Crippen LogP contribution is -2.38. The molecule has 10 fully saturated rings. The standard InChI is InChI=1S/C13H25NO.C12H21NO.2C12H23NO.C11H16N2OS.C11H21NO.2C10H19NO.C9H17NO.9C2H6/c1-10(2)8-9-14-13(15)12-6-4-11(3)5-7-12;1-9-2-6-11(7-3-9)12(14)13-8-10-4-5-10;1-9(2)13(4)12(14)11-7-5-10(3)6-8-11;1-9(2)8-13-12(14)11-6-4-10(3)5-7-11;1-8-2-4-9(5-3-8)10(14)13-11-12-6-7-15-11;1-4-12(3)11(13)10-7-5-9(2)6-8-10;1-8-4-6-9(7-5-8)10(12)11(2)3;1-3-11-10(12)9-6-4-8(2)5-7-9;1-7-3-5-8(6-4-7)9(11)10-2;9*1-2/h10-12H,4-9H2,1-3H3,(H,14,15);9-11H,2-8H2,1H3,(H,13,14);9-11H,5-8H2,1-4H3;9-11H,4-8H2,1-3H3,(H,13,14);6-9H,2-5H2,1H3,(H,12,13,14);9-10H,4-8H2,1-3H3;8-9H,4-7H2,1-3H3;8-9H,3-7H2,1-2H3,(H,11,12);7-8H,3-6H2,1-2H3,(H,10,11);9*1-2H3. The summed E-state index contributed by atoms with van der Waals surface area (Å²) in [6.07, 6.45) is 47.0. The van der Waals surface area contributed by atoms with Gasteiger partial charge in [0.1, 0.15) is 0 Å². The average Bonchev–Trinajstić information content (AvgIpc) is 0.929. The number of carbonyl (C=O) groups excluding carboxylic acids is 9. The second kappa shape index (κ2) is 95.4. The van der Waals surface area contributed by atoms with Crippen LogP contribution < -0.4 is 31.9 Å². The highest BCUT2D eigenvalue weighted by Crippen LogP contribution is 2.37. The van der Waals surface area contributed by atoms with E-state index in [0.717, 1.165) is 219 Å². The largest absolute Gasteiger partial charge is 0.359 e. The van der Waals surface area contributed by atoms with Crippen molar-refractivity contribution in [1.29, 1.82) is 0 Å². The molecule has 10 saturated carbocycles. The zero-order chi connectivity index (χ0) is 107.